The van der Waals surface area contributed by atoms with Crippen LogP contribution in [0.25, 0.3) is 0 Å². The van der Waals surface area contributed by atoms with Gasteiger partial charge in [0, 0.05) is 37.6 Å². The second kappa shape index (κ2) is 6.86. The normalized spacial score (nSPS) is 11.9. The number of rotatable bonds is 6. The molecular weight excluding hydrogens is 286 g/mol. The fourth-order valence-corrected chi connectivity index (χ4v) is 2.12. The highest BCUT2D eigenvalue weighted by Crippen LogP contribution is 2.13. The summed E-state index contributed by atoms with van der Waals surface area (Å²) in [6.07, 6.45) is 1.15. The first-order chi connectivity index (χ1) is 10.5. The topological polar surface area (TPSA) is 97.4 Å². The Bertz CT molecular complexity index is 664. The molecule has 7 nitrogen and oxygen atoms in total. The fourth-order valence-electron chi connectivity index (χ4n) is 2.12. The van der Waals surface area contributed by atoms with Gasteiger partial charge in [-0.3, -0.25) is 14.9 Å². The van der Waals surface area contributed by atoms with E-state index in [-0.39, 0.29) is 24.6 Å². The van der Waals surface area contributed by atoms with Crippen molar-refractivity contribution in [2.45, 2.75) is 12.5 Å². The highest BCUT2D eigenvalue weighted by molar-refractivity contribution is 5.78. The molecule has 0 aliphatic rings. The molecule has 0 bridgehead atoms. The molecule has 1 unspecified atom stereocenters. The van der Waals surface area contributed by atoms with Crippen molar-refractivity contribution in [3.63, 3.8) is 0 Å². The summed E-state index contributed by atoms with van der Waals surface area (Å²) in [4.78, 5) is 21.9. The molecule has 0 aliphatic carbocycles. The van der Waals surface area contributed by atoms with Gasteiger partial charge in [0.05, 0.1) is 11.3 Å². The number of aryl methyl sites for hydroxylation is 1. The Morgan fingerprint density at radius 3 is 2.59 bits per heavy atom. The van der Waals surface area contributed by atoms with Crippen molar-refractivity contribution in [3.05, 3.63) is 64.0 Å². The number of nitrogens with one attached hydrogen (secondary N) is 1. The van der Waals surface area contributed by atoms with Gasteiger partial charge >= 0.3 is 0 Å². The van der Waals surface area contributed by atoms with Crippen LogP contribution in [-0.2, 0) is 18.3 Å². The van der Waals surface area contributed by atoms with E-state index >= 15 is 0 Å². The number of amides is 1. The molecule has 0 fully saturated rings. The fraction of sp³-hybridized carbons (Fsp3) is 0.267. The monoisotopic (exact) mass is 303 g/mol. The maximum atomic E-state index is 11.8. The van der Waals surface area contributed by atoms with Gasteiger partial charge in [0.2, 0.25) is 5.91 Å². The lowest BCUT2D eigenvalue weighted by Crippen LogP contribution is -2.30. The number of aromatic nitrogens is 1. The molecule has 2 N–H and O–H groups in total. The maximum Gasteiger partial charge on any atom is 0.269 e. The van der Waals surface area contributed by atoms with Crippen molar-refractivity contribution < 1.29 is 14.8 Å². The minimum Gasteiger partial charge on any atom is -0.385 e. The summed E-state index contributed by atoms with van der Waals surface area (Å²) < 4.78 is 1.78. The number of non-ortho nitro benzene ring substituents is 1. The molecule has 1 atom stereocenters. The number of carbonyl (C=O) groups excluding carboxylic acids is 1. The van der Waals surface area contributed by atoms with Crippen LogP contribution in [0.5, 0.6) is 0 Å². The number of benzene rings is 1. The van der Waals surface area contributed by atoms with E-state index in [1.165, 1.54) is 12.1 Å². The predicted molar refractivity (Wildman–Crippen MR) is 80.2 cm³/mol. The van der Waals surface area contributed by atoms with Crippen molar-refractivity contribution in [3.8, 4) is 0 Å². The molecule has 22 heavy (non-hydrogen) atoms. The zero-order valence-electron chi connectivity index (χ0n) is 12.1. The van der Waals surface area contributed by atoms with Crippen molar-refractivity contribution >= 4 is 11.6 Å². The van der Waals surface area contributed by atoms with Crippen molar-refractivity contribution in [2.75, 3.05) is 6.54 Å². The van der Waals surface area contributed by atoms with Gasteiger partial charge in [-0.25, -0.2) is 0 Å². The molecule has 7 heteroatoms. The average Bonchev–Trinajstić information content (AvgIpc) is 2.91. The molecule has 1 aromatic heterocycles. The van der Waals surface area contributed by atoms with E-state index in [1.807, 2.05) is 19.3 Å². The number of aliphatic hydroxyl groups is 1. The Morgan fingerprint density at radius 1 is 1.36 bits per heavy atom. The van der Waals surface area contributed by atoms with Crippen LogP contribution in [0, 0.1) is 10.1 Å². The molecule has 0 aliphatic heterocycles. The number of nitro groups is 1. The lowest BCUT2D eigenvalue weighted by Gasteiger charge is -2.13. The Labute approximate surface area is 127 Å². The lowest BCUT2D eigenvalue weighted by molar-refractivity contribution is -0.384. The van der Waals surface area contributed by atoms with Gasteiger partial charge in [-0.05, 0) is 17.7 Å². The molecule has 1 heterocycles. The second-order valence-corrected chi connectivity index (χ2v) is 4.96. The second-order valence-electron chi connectivity index (χ2n) is 4.96. The molecule has 0 saturated carbocycles. The van der Waals surface area contributed by atoms with Crippen LogP contribution in [0.4, 0.5) is 5.69 Å². The largest absolute Gasteiger partial charge is 0.385 e. The van der Waals surface area contributed by atoms with E-state index in [0.717, 1.165) is 5.69 Å². The van der Waals surface area contributed by atoms with E-state index in [0.29, 0.717) is 5.56 Å². The molecule has 116 valence electrons. The number of aliphatic hydroxyl groups excluding tert-OH is 1. The molecule has 0 spiro atoms. The zero-order valence-corrected chi connectivity index (χ0v) is 12.1. The van der Waals surface area contributed by atoms with Gasteiger partial charge in [-0.2, -0.15) is 0 Å². The minimum absolute atomic E-state index is 0.0108. The van der Waals surface area contributed by atoms with Crippen LogP contribution in [0.1, 0.15) is 17.4 Å². The first-order valence-corrected chi connectivity index (χ1v) is 6.76. The number of nitrogens with zero attached hydrogens (tertiary/aromatic N) is 2. The highest BCUT2D eigenvalue weighted by atomic mass is 16.6. The third kappa shape index (κ3) is 3.92. The molecular formula is C15H17N3O4. The average molecular weight is 303 g/mol. The quantitative estimate of drug-likeness (QED) is 0.621. The van der Waals surface area contributed by atoms with E-state index in [4.69, 9.17) is 0 Å². The SMILES string of the molecule is Cn1cccc1C(O)CNC(=O)Cc1ccc([N+](=O)[O-])cc1. The van der Waals surface area contributed by atoms with E-state index in [1.54, 1.807) is 22.8 Å². The zero-order chi connectivity index (χ0) is 16.1. The Balaban J connectivity index is 1.85. The first-order valence-electron chi connectivity index (χ1n) is 6.76. The highest BCUT2D eigenvalue weighted by Gasteiger charge is 2.12. The molecule has 1 aromatic carbocycles. The molecule has 2 aromatic rings. The molecule has 1 amide bonds. The van der Waals surface area contributed by atoms with Crippen LogP contribution in [0.15, 0.2) is 42.6 Å². The Kier molecular flexibility index (Phi) is 4.90. The summed E-state index contributed by atoms with van der Waals surface area (Å²) in [7, 11) is 1.82. The first kappa shape index (κ1) is 15.7. The Hall–Kier alpha value is -2.67. The summed E-state index contributed by atoms with van der Waals surface area (Å²) >= 11 is 0. The Morgan fingerprint density at radius 2 is 2.05 bits per heavy atom. The van der Waals surface area contributed by atoms with Crippen LogP contribution >= 0.6 is 0 Å². The van der Waals surface area contributed by atoms with E-state index in [9.17, 15) is 20.0 Å². The minimum atomic E-state index is -0.777. The third-order valence-corrected chi connectivity index (χ3v) is 3.33. The number of nitro benzene ring substituents is 1. The van der Waals surface area contributed by atoms with Gasteiger partial charge < -0.3 is 15.0 Å². The van der Waals surface area contributed by atoms with Crippen LogP contribution < -0.4 is 5.32 Å². The summed E-state index contributed by atoms with van der Waals surface area (Å²) in [6.45, 7) is 0.115. The number of hydrogen-bond donors (Lipinski definition) is 2. The maximum absolute atomic E-state index is 11.8. The van der Waals surface area contributed by atoms with E-state index in [2.05, 4.69) is 5.32 Å². The summed E-state index contributed by atoms with van der Waals surface area (Å²) in [5.74, 6) is -0.248. The van der Waals surface area contributed by atoms with Gasteiger partial charge in [-0.15, -0.1) is 0 Å². The van der Waals surface area contributed by atoms with Crippen molar-refractivity contribution in [2.24, 2.45) is 7.05 Å². The van der Waals surface area contributed by atoms with Crippen LogP contribution in [0.2, 0.25) is 0 Å². The summed E-state index contributed by atoms with van der Waals surface area (Å²) in [6, 6.07) is 9.42. The standard InChI is InChI=1S/C15H17N3O4/c1-17-8-2-3-13(17)14(19)10-16-15(20)9-11-4-6-12(7-5-11)18(21)22/h2-8,14,19H,9-10H2,1H3,(H,16,20). The molecule has 0 saturated heterocycles. The van der Waals surface area contributed by atoms with Gasteiger partial charge in [0.15, 0.2) is 0 Å². The predicted octanol–water partition coefficient (Wildman–Crippen LogP) is 1.33. The van der Waals surface area contributed by atoms with Crippen molar-refractivity contribution in [1.29, 1.82) is 0 Å². The molecule has 2 rings (SSSR count). The van der Waals surface area contributed by atoms with Crippen molar-refractivity contribution in [1.82, 2.24) is 9.88 Å². The summed E-state index contributed by atoms with van der Waals surface area (Å²) in [5, 5.41) is 23.2. The smallest absolute Gasteiger partial charge is 0.269 e. The van der Waals surface area contributed by atoms with Gasteiger partial charge in [0.1, 0.15) is 6.10 Å². The van der Waals surface area contributed by atoms with E-state index < -0.39 is 11.0 Å². The number of hydrogen-bond acceptors (Lipinski definition) is 4. The number of carbonyl (C=O) groups is 1. The van der Waals surface area contributed by atoms with Gasteiger partial charge in [0.25, 0.3) is 5.69 Å². The van der Waals surface area contributed by atoms with Gasteiger partial charge in [-0.1, -0.05) is 12.1 Å². The van der Waals surface area contributed by atoms with Crippen LogP contribution in [-0.4, -0.2) is 27.0 Å². The summed E-state index contributed by atoms with van der Waals surface area (Å²) in [5.41, 5.74) is 1.38. The lowest BCUT2D eigenvalue weighted by atomic mass is 10.1. The van der Waals surface area contributed by atoms with Crippen LogP contribution in [0.3, 0.4) is 0 Å². The molecule has 0 radical (unpaired) electrons. The third-order valence-electron chi connectivity index (χ3n) is 3.33.